The lowest BCUT2D eigenvalue weighted by Crippen LogP contribution is -2.16. The molecular weight excluding hydrogens is 330 g/mol. The van der Waals surface area contributed by atoms with Gasteiger partial charge in [0, 0.05) is 11.8 Å². The fraction of sp³-hybridized carbons (Fsp3) is 0.200. The molecule has 2 heterocycles. The minimum Gasteiger partial charge on any atom is -0.454 e. The van der Waals surface area contributed by atoms with E-state index in [2.05, 4.69) is 24.3 Å². The molecule has 0 saturated heterocycles. The molecule has 4 rings (SSSR count). The number of carbonyl (C=O) groups excluding carboxylic acids is 1. The molecule has 0 saturated carbocycles. The van der Waals surface area contributed by atoms with Crippen LogP contribution in [0.2, 0.25) is 0 Å². The number of anilines is 1. The number of hydrogen-bond acceptors (Lipinski definition) is 4. The van der Waals surface area contributed by atoms with E-state index in [9.17, 15) is 4.79 Å². The maximum atomic E-state index is 12.9. The Kier molecular flexibility index (Phi) is 4.08. The van der Waals surface area contributed by atoms with Gasteiger partial charge in [-0.2, -0.15) is 5.10 Å². The zero-order valence-electron chi connectivity index (χ0n) is 14.6. The Bertz CT molecular complexity index is 948. The molecule has 0 bridgehead atoms. The van der Waals surface area contributed by atoms with Crippen LogP contribution < -0.4 is 14.8 Å². The summed E-state index contributed by atoms with van der Waals surface area (Å²) in [5.74, 6) is 1.30. The first-order valence-electron chi connectivity index (χ1n) is 8.48. The molecule has 1 amide bonds. The summed E-state index contributed by atoms with van der Waals surface area (Å²) in [4.78, 5) is 12.9. The minimum atomic E-state index is -0.230. The van der Waals surface area contributed by atoms with Crippen LogP contribution in [0, 0.1) is 0 Å². The van der Waals surface area contributed by atoms with Crippen LogP contribution in [0.1, 0.15) is 35.9 Å². The molecule has 0 aliphatic carbocycles. The van der Waals surface area contributed by atoms with Gasteiger partial charge in [-0.1, -0.05) is 32.0 Å². The second kappa shape index (κ2) is 6.55. The van der Waals surface area contributed by atoms with Crippen molar-refractivity contribution in [1.82, 2.24) is 9.78 Å². The van der Waals surface area contributed by atoms with Crippen LogP contribution in [0.15, 0.2) is 54.6 Å². The van der Waals surface area contributed by atoms with Crippen molar-refractivity contribution in [2.24, 2.45) is 0 Å². The third-order valence-electron chi connectivity index (χ3n) is 4.18. The smallest absolute Gasteiger partial charge is 0.274 e. The lowest BCUT2D eigenvalue weighted by molar-refractivity contribution is 0.101. The summed E-state index contributed by atoms with van der Waals surface area (Å²) in [6.45, 7) is 4.31. The van der Waals surface area contributed by atoms with E-state index in [1.807, 2.05) is 36.4 Å². The molecule has 1 aromatic heterocycles. The summed E-state index contributed by atoms with van der Waals surface area (Å²) in [5, 5.41) is 7.53. The Hall–Kier alpha value is -3.28. The van der Waals surface area contributed by atoms with E-state index in [4.69, 9.17) is 9.47 Å². The molecule has 1 aliphatic rings. The third kappa shape index (κ3) is 3.01. The van der Waals surface area contributed by atoms with Crippen molar-refractivity contribution < 1.29 is 14.3 Å². The van der Waals surface area contributed by atoms with Crippen LogP contribution in [0.5, 0.6) is 11.5 Å². The van der Waals surface area contributed by atoms with Crippen LogP contribution in [-0.4, -0.2) is 22.5 Å². The van der Waals surface area contributed by atoms with Gasteiger partial charge in [0.1, 0.15) is 5.69 Å². The highest BCUT2D eigenvalue weighted by Crippen LogP contribution is 2.34. The number of carbonyl (C=O) groups is 1. The third-order valence-corrected chi connectivity index (χ3v) is 4.18. The predicted octanol–water partition coefficient (Wildman–Crippen LogP) is 3.98. The van der Waals surface area contributed by atoms with Crippen molar-refractivity contribution in [3.8, 4) is 17.2 Å². The first-order valence-corrected chi connectivity index (χ1v) is 8.48. The summed E-state index contributed by atoms with van der Waals surface area (Å²) in [6.07, 6.45) is 0. The largest absolute Gasteiger partial charge is 0.454 e. The second-order valence-electron chi connectivity index (χ2n) is 6.38. The van der Waals surface area contributed by atoms with E-state index >= 15 is 0 Å². The van der Waals surface area contributed by atoms with E-state index in [-0.39, 0.29) is 18.6 Å². The van der Waals surface area contributed by atoms with Crippen LogP contribution in [0.25, 0.3) is 5.69 Å². The van der Waals surface area contributed by atoms with Crippen molar-refractivity contribution >= 4 is 11.6 Å². The Labute approximate surface area is 151 Å². The van der Waals surface area contributed by atoms with Gasteiger partial charge in [-0.05, 0) is 36.2 Å². The SMILES string of the molecule is CC(C)c1cc(C(=O)Nc2ccc3c(c2)OCO3)n(-c2ccccc2)n1. The average Bonchev–Trinajstić information content (AvgIpc) is 3.29. The molecule has 0 atom stereocenters. The molecule has 26 heavy (non-hydrogen) atoms. The Morgan fingerprint density at radius 1 is 1.08 bits per heavy atom. The summed E-state index contributed by atoms with van der Waals surface area (Å²) in [7, 11) is 0. The van der Waals surface area contributed by atoms with Gasteiger partial charge in [-0.15, -0.1) is 0 Å². The van der Waals surface area contributed by atoms with Gasteiger partial charge in [0.2, 0.25) is 6.79 Å². The van der Waals surface area contributed by atoms with Crippen molar-refractivity contribution in [2.75, 3.05) is 12.1 Å². The fourth-order valence-electron chi connectivity index (χ4n) is 2.78. The quantitative estimate of drug-likeness (QED) is 0.774. The molecule has 1 N–H and O–H groups in total. The number of rotatable bonds is 4. The second-order valence-corrected chi connectivity index (χ2v) is 6.38. The molecule has 0 radical (unpaired) electrons. The van der Waals surface area contributed by atoms with Crippen molar-refractivity contribution in [3.63, 3.8) is 0 Å². The minimum absolute atomic E-state index is 0.200. The maximum Gasteiger partial charge on any atom is 0.274 e. The molecule has 6 heteroatoms. The number of nitrogens with one attached hydrogen (secondary N) is 1. The van der Waals surface area contributed by atoms with Crippen LogP contribution in [-0.2, 0) is 0 Å². The Morgan fingerprint density at radius 3 is 2.62 bits per heavy atom. The average molecular weight is 349 g/mol. The predicted molar refractivity (Wildman–Crippen MR) is 98.2 cm³/mol. The summed E-state index contributed by atoms with van der Waals surface area (Å²) >= 11 is 0. The number of para-hydroxylation sites is 1. The normalized spacial score (nSPS) is 12.4. The first-order chi connectivity index (χ1) is 12.6. The number of ether oxygens (including phenoxy) is 2. The van der Waals surface area contributed by atoms with Crippen LogP contribution >= 0.6 is 0 Å². The topological polar surface area (TPSA) is 65.4 Å². The highest BCUT2D eigenvalue weighted by Gasteiger charge is 2.20. The Balaban J connectivity index is 1.67. The summed E-state index contributed by atoms with van der Waals surface area (Å²) in [6, 6.07) is 16.8. The lowest BCUT2D eigenvalue weighted by Gasteiger charge is -2.09. The molecule has 2 aromatic carbocycles. The van der Waals surface area contributed by atoms with E-state index in [0.717, 1.165) is 11.4 Å². The first kappa shape index (κ1) is 16.2. The lowest BCUT2D eigenvalue weighted by atomic mass is 10.1. The number of hydrogen-bond donors (Lipinski definition) is 1. The molecule has 3 aromatic rings. The van der Waals surface area contributed by atoms with Gasteiger partial charge in [0.25, 0.3) is 5.91 Å². The number of aromatic nitrogens is 2. The van der Waals surface area contributed by atoms with Crippen molar-refractivity contribution in [1.29, 1.82) is 0 Å². The fourth-order valence-corrected chi connectivity index (χ4v) is 2.78. The molecule has 0 fully saturated rings. The Morgan fingerprint density at radius 2 is 1.85 bits per heavy atom. The monoisotopic (exact) mass is 349 g/mol. The van der Waals surface area contributed by atoms with Crippen LogP contribution in [0.4, 0.5) is 5.69 Å². The molecular formula is C20H19N3O3. The van der Waals surface area contributed by atoms with Gasteiger partial charge in [0.05, 0.1) is 11.4 Å². The highest BCUT2D eigenvalue weighted by atomic mass is 16.7. The molecule has 1 aliphatic heterocycles. The molecule has 6 nitrogen and oxygen atoms in total. The highest BCUT2D eigenvalue weighted by molar-refractivity contribution is 6.03. The van der Waals surface area contributed by atoms with E-state index in [1.165, 1.54) is 0 Å². The molecule has 0 unspecified atom stereocenters. The number of fused-ring (bicyclic) bond motifs is 1. The summed E-state index contributed by atoms with van der Waals surface area (Å²) < 4.78 is 12.3. The van der Waals surface area contributed by atoms with E-state index in [0.29, 0.717) is 22.9 Å². The van der Waals surface area contributed by atoms with E-state index in [1.54, 1.807) is 22.9 Å². The van der Waals surface area contributed by atoms with Gasteiger partial charge in [0.15, 0.2) is 11.5 Å². The number of nitrogens with zero attached hydrogens (tertiary/aromatic N) is 2. The van der Waals surface area contributed by atoms with E-state index < -0.39 is 0 Å². The van der Waals surface area contributed by atoms with Gasteiger partial charge in [-0.25, -0.2) is 4.68 Å². The zero-order chi connectivity index (χ0) is 18.1. The van der Waals surface area contributed by atoms with Crippen molar-refractivity contribution in [3.05, 3.63) is 66.0 Å². The van der Waals surface area contributed by atoms with Crippen molar-refractivity contribution in [2.45, 2.75) is 19.8 Å². The van der Waals surface area contributed by atoms with Gasteiger partial charge < -0.3 is 14.8 Å². The number of benzene rings is 2. The van der Waals surface area contributed by atoms with Gasteiger partial charge in [-0.3, -0.25) is 4.79 Å². The van der Waals surface area contributed by atoms with Gasteiger partial charge >= 0.3 is 0 Å². The molecule has 132 valence electrons. The summed E-state index contributed by atoms with van der Waals surface area (Å²) in [5.41, 5.74) is 2.84. The van der Waals surface area contributed by atoms with Crippen LogP contribution in [0.3, 0.4) is 0 Å². The molecule has 0 spiro atoms. The zero-order valence-corrected chi connectivity index (χ0v) is 14.6. The standard InChI is InChI=1S/C20H19N3O3/c1-13(2)16-11-17(23(22-16)15-6-4-3-5-7-15)20(24)21-14-8-9-18-19(10-14)26-12-25-18/h3-11,13H,12H2,1-2H3,(H,21,24). The number of amides is 1. The maximum absolute atomic E-state index is 12.9.